The van der Waals surface area contributed by atoms with Gasteiger partial charge in [0.15, 0.2) is 0 Å². The van der Waals surface area contributed by atoms with E-state index in [9.17, 15) is 4.79 Å². The Morgan fingerprint density at radius 2 is 1.94 bits per heavy atom. The second-order valence-electron chi connectivity index (χ2n) is 3.99. The van der Waals surface area contributed by atoms with Crippen molar-refractivity contribution in [2.24, 2.45) is 0 Å². The fourth-order valence-corrected chi connectivity index (χ4v) is 2.05. The lowest BCUT2D eigenvalue weighted by molar-refractivity contribution is 0.0696. The maximum absolute atomic E-state index is 11.9. The molecule has 1 aliphatic heterocycles. The highest BCUT2D eigenvalue weighted by Gasteiger charge is 2.17. The van der Waals surface area contributed by atoms with Gasteiger partial charge in [-0.1, -0.05) is 23.2 Å². The van der Waals surface area contributed by atoms with E-state index >= 15 is 0 Å². The molecule has 1 aromatic carbocycles. The van der Waals surface area contributed by atoms with Gasteiger partial charge in [-0.2, -0.15) is 0 Å². The lowest BCUT2D eigenvalue weighted by Gasteiger charge is -2.23. The molecular formula is C12H13Cl2NO2. The van der Waals surface area contributed by atoms with Crippen LogP contribution in [0.4, 0.5) is 0 Å². The molecular weight excluding hydrogens is 261 g/mol. The predicted octanol–water partition coefficient (Wildman–Crippen LogP) is 2.90. The van der Waals surface area contributed by atoms with Crippen molar-refractivity contribution in [3.8, 4) is 0 Å². The summed E-state index contributed by atoms with van der Waals surface area (Å²) < 4.78 is 5.23. The van der Waals surface area contributed by atoms with Crippen LogP contribution in [0.25, 0.3) is 0 Å². The largest absolute Gasteiger partial charge is 0.381 e. The zero-order valence-corrected chi connectivity index (χ0v) is 10.7. The van der Waals surface area contributed by atoms with E-state index < -0.39 is 0 Å². The SMILES string of the molecule is O=C(NC1CCOCC1)c1ccc(Cl)c(Cl)c1. The summed E-state index contributed by atoms with van der Waals surface area (Å²) in [6.07, 6.45) is 1.71. The van der Waals surface area contributed by atoms with Crippen LogP contribution in [0.5, 0.6) is 0 Å². The summed E-state index contributed by atoms with van der Waals surface area (Å²) in [6.45, 7) is 1.40. The van der Waals surface area contributed by atoms with Crippen LogP contribution in [-0.4, -0.2) is 25.2 Å². The fraction of sp³-hybridized carbons (Fsp3) is 0.417. The maximum atomic E-state index is 11.9. The topological polar surface area (TPSA) is 38.3 Å². The van der Waals surface area contributed by atoms with Crippen LogP contribution in [-0.2, 0) is 4.74 Å². The first-order valence-electron chi connectivity index (χ1n) is 5.50. The van der Waals surface area contributed by atoms with E-state index in [1.54, 1.807) is 18.2 Å². The predicted molar refractivity (Wildman–Crippen MR) is 67.8 cm³/mol. The molecule has 0 saturated carbocycles. The summed E-state index contributed by atoms with van der Waals surface area (Å²) in [6, 6.07) is 5.07. The van der Waals surface area contributed by atoms with Crippen LogP contribution in [0.3, 0.4) is 0 Å². The summed E-state index contributed by atoms with van der Waals surface area (Å²) >= 11 is 11.7. The molecule has 2 rings (SSSR count). The molecule has 0 spiro atoms. The van der Waals surface area contributed by atoms with Crippen molar-refractivity contribution in [1.29, 1.82) is 0 Å². The standard InChI is InChI=1S/C12H13Cl2NO2/c13-10-2-1-8(7-11(10)14)12(16)15-9-3-5-17-6-4-9/h1-2,7,9H,3-6H2,(H,15,16). The van der Waals surface area contributed by atoms with E-state index in [1.807, 2.05) is 0 Å². The Bertz CT molecular complexity index is 417. The molecule has 5 heteroatoms. The van der Waals surface area contributed by atoms with Crippen molar-refractivity contribution >= 4 is 29.1 Å². The third kappa shape index (κ3) is 3.35. The quantitative estimate of drug-likeness (QED) is 0.900. The Labute approximate surface area is 110 Å². The van der Waals surface area contributed by atoms with Crippen molar-refractivity contribution in [3.05, 3.63) is 33.8 Å². The Kier molecular flexibility index (Phi) is 4.26. The minimum atomic E-state index is -0.115. The molecule has 0 atom stereocenters. The number of nitrogens with one attached hydrogen (secondary N) is 1. The molecule has 1 saturated heterocycles. The molecule has 0 radical (unpaired) electrons. The van der Waals surface area contributed by atoms with Crippen molar-refractivity contribution in [1.82, 2.24) is 5.32 Å². The first-order chi connectivity index (χ1) is 8.16. The van der Waals surface area contributed by atoms with Gasteiger partial charge >= 0.3 is 0 Å². The molecule has 92 valence electrons. The molecule has 3 nitrogen and oxygen atoms in total. The third-order valence-electron chi connectivity index (χ3n) is 2.74. The van der Waals surface area contributed by atoms with Crippen LogP contribution >= 0.6 is 23.2 Å². The highest BCUT2D eigenvalue weighted by molar-refractivity contribution is 6.42. The molecule has 1 heterocycles. The summed E-state index contributed by atoms with van der Waals surface area (Å²) in [5.41, 5.74) is 0.533. The number of benzene rings is 1. The molecule has 0 unspecified atom stereocenters. The smallest absolute Gasteiger partial charge is 0.251 e. The Morgan fingerprint density at radius 3 is 2.59 bits per heavy atom. The zero-order chi connectivity index (χ0) is 12.3. The minimum Gasteiger partial charge on any atom is -0.381 e. The van der Waals surface area contributed by atoms with Crippen LogP contribution in [0, 0.1) is 0 Å². The van der Waals surface area contributed by atoms with Crippen molar-refractivity contribution in [3.63, 3.8) is 0 Å². The average Bonchev–Trinajstić information content (AvgIpc) is 2.34. The molecule has 1 amide bonds. The van der Waals surface area contributed by atoms with Gasteiger partial charge in [0.1, 0.15) is 0 Å². The van der Waals surface area contributed by atoms with Gasteiger partial charge in [-0.15, -0.1) is 0 Å². The Morgan fingerprint density at radius 1 is 1.24 bits per heavy atom. The van der Waals surface area contributed by atoms with Gasteiger partial charge in [-0.3, -0.25) is 4.79 Å². The monoisotopic (exact) mass is 273 g/mol. The van der Waals surface area contributed by atoms with E-state index in [-0.39, 0.29) is 11.9 Å². The number of halogens is 2. The number of amides is 1. The van der Waals surface area contributed by atoms with E-state index in [4.69, 9.17) is 27.9 Å². The Balaban J connectivity index is 2.01. The molecule has 17 heavy (non-hydrogen) atoms. The first kappa shape index (κ1) is 12.7. The second-order valence-corrected chi connectivity index (χ2v) is 4.80. The lowest BCUT2D eigenvalue weighted by Crippen LogP contribution is -2.38. The molecule has 0 aromatic heterocycles. The van der Waals surface area contributed by atoms with Gasteiger partial charge in [-0.05, 0) is 31.0 Å². The van der Waals surface area contributed by atoms with Gasteiger partial charge in [0.05, 0.1) is 10.0 Å². The number of rotatable bonds is 2. The zero-order valence-electron chi connectivity index (χ0n) is 9.21. The van der Waals surface area contributed by atoms with Crippen molar-refractivity contribution < 1.29 is 9.53 Å². The summed E-state index contributed by atoms with van der Waals surface area (Å²) in [7, 11) is 0. The average molecular weight is 274 g/mol. The van der Waals surface area contributed by atoms with Crippen LogP contribution in [0.1, 0.15) is 23.2 Å². The van der Waals surface area contributed by atoms with Crippen molar-refractivity contribution in [2.45, 2.75) is 18.9 Å². The molecule has 1 N–H and O–H groups in total. The lowest BCUT2D eigenvalue weighted by atomic mass is 10.1. The van der Waals surface area contributed by atoms with Gasteiger partial charge in [0.25, 0.3) is 5.91 Å². The van der Waals surface area contributed by atoms with E-state index in [0.717, 1.165) is 12.8 Å². The summed E-state index contributed by atoms with van der Waals surface area (Å²) in [5.74, 6) is -0.115. The van der Waals surface area contributed by atoms with Gasteiger partial charge in [-0.25, -0.2) is 0 Å². The van der Waals surface area contributed by atoms with E-state index in [1.165, 1.54) is 0 Å². The number of hydrogen-bond donors (Lipinski definition) is 1. The maximum Gasteiger partial charge on any atom is 0.251 e. The molecule has 1 fully saturated rings. The fourth-order valence-electron chi connectivity index (χ4n) is 1.75. The van der Waals surface area contributed by atoms with Gasteiger partial charge < -0.3 is 10.1 Å². The highest BCUT2D eigenvalue weighted by atomic mass is 35.5. The molecule has 1 aliphatic rings. The van der Waals surface area contributed by atoms with Gasteiger partial charge in [0.2, 0.25) is 0 Å². The van der Waals surface area contributed by atoms with E-state index in [2.05, 4.69) is 5.32 Å². The Hall–Kier alpha value is -0.770. The number of carbonyl (C=O) groups excluding carboxylic acids is 1. The molecule has 1 aromatic rings. The van der Waals surface area contributed by atoms with Gasteiger partial charge in [0, 0.05) is 24.8 Å². The number of hydrogen-bond acceptors (Lipinski definition) is 2. The molecule has 0 aliphatic carbocycles. The molecule has 0 bridgehead atoms. The summed E-state index contributed by atoms with van der Waals surface area (Å²) in [5, 5.41) is 3.81. The summed E-state index contributed by atoms with van der Waals surface area (Å²) in [4.78, 5) is 11.9. The van der Waals surface area contributed by atoms with Crippen LogP contribution < -0.4 is 5.32 Å². The number of carbonyl (C=O) groups is 1. The van der Waals surface area contributed by atoms with Crippen LogP contribution in [0.2, 0.25) is 10.0 Å². The minimum absolute atomic E-state index is 0.115. The van der Waals surface area contributed by atoms with E-state index in [0.29, 0.717) is 28.8 Å². The van der Waals surface area contributed by atoms with Crippen LogP contribution in [0.15, 0.2) is 18.2 Å². The first-order valence-corrected chi connectivity index (χ1v) is 6.26. The highest BCUT2D eigenvalue weighted by Crippen LogP contribution is 2.22. The van der Waals surface area contributed by atoms with Crippen molar-refractivity contribution in [2.75, 3.05) is 13.2 Å². The number of ether oxygens (including phenoxy) is 1. The third-order valence-corrected chi connectivity index (χ3v) is 3.48. The second kappa shape index (κ2) is 5.71. The normalized spacial score (nSPS) is 16.8.